The van der Waals surface area contributed by atoms with E-state index in [2.05, 4.69) is 5.43 Å². The number of nitrogens with one attached hydrogen (secondary N) is 1. The topological polar surface area (TPSA) is 50.8 Å². The van der Waals surface area contributed by atoms with Gasteiger partial charge in [-0.05, 0) is 26.0 Å². The first-order valence-electron chi connectivity index (χ1n) is 7.04. The highest BCUT2D eigenvalue weighted by Crippen LogP contribution is 1.99. The van der Waals surface area contributed by atoms with E-state index in [1.165, 1.54) is 0 Å². The summed E-state index contributed by atoms with van der Waals surface area (Å²) in [7, 11) is 0. The maximum atomic E-state index is 11.7. The van der Waals surface area contributed by atoms with Gasteiger partial charge in [0.2, 0.25) is 0 Å². The van der Waals surface area contributed by atoms with Crippen LogP contribution in [0.15, 0.2) is 30.3 Å². The molecule has 0 aliphatic carbocycles. The maximum absolute atomic E-state index is 11.7. The molecule has 1 aromatic rings. The highest BCUT2D eigenvalue weighted by Gasteiger charge is 2.13. The smallest absolute Gasteiger partial charge is 0.265 e. The Hall–Kier alpha value is -1.43. The molecule has 0 unspecified atom stereocenters. The lowest BCUT2D eigenvalue weighted by atomic mass is 10.2. The van der Waals surface area contributed by atoms with E-state index >= 15 is 0 Å². The fourth-order valence-electron chi connectivity index (χ4n) is 1.68. The van der Waals surface area contributed by atoms with Gasteiger partial charge in [-0.1, -0.05) is 18.2 Å². The van der Waals surface area contributed by atoms with Crippen LogP contribution < -0.4 is 5.43 Å². The molecule has 2 rings (SSSR count). The molecule has 0 aromatic heterocycles. The van der Waals surface area contributed by atoms with Gasteiger partial charge in [0.1, 0.15) is 0 Å². The van der Waals surface area contributed by atoms with Gasteiger partial charge in [0.15, 0.2) is 0 Å². The lowest BCUT2D eigenvalue weighted by molar-refractivity contribution is 0.0126. The minimum absolute atomic E-state index is 0.0579. The average molecular weight is 280 g/mol. The summed E-state index contributed by atoms with van der Waals surface area (Å²) in [5.74, 6) is -0.0579. The largest absolute Gasteiger partial charge is 0.382 e. The van der Waals surface area contributed by atoms with E-state index in [-0.39, 0.29) is 5.91 Å². The second-order valence-corrected chi connectivity index (χ2v) is 4.19. The third kappa shape index (κ3) is 6.65. The number of carbonyl (C=O) groups is 1. The molecule has 1 saturated heterocycles. The van der Waals surface area contributed by atoms with Crippen molar-refractivity contribution >= 4 is 5.91 Å². The molecule has 0 bridgehead atoms. The summed E-state index contributed by atoms with van der Waals surface area (Å²) in [5, 5.41) is 1.89. The zero-order valence-corrected chi connectivity index (χ0v) is 12.3. The second kappa shape index (κ2) is 10.4. The van der Waals surface area contributed by atoms with Gasteiger partial charge in [0.05, 0.1) is 13.2 Å². The fraction of sp³-hybridized carbons (Fsp3) is 0.533. The van der Waals surface area contributed by atoms with Crippen LogP contribution >= 0.6 is 0 Å². The van der Waals surface area contributed by atoms with E-state index in [4.69, 9.17) is 9.47 Å². The van der Waals surface area contributed by atoms with E-state index in [0.717, 1.165) is 26.3 Å². The van der Waals surface area contributed by atoms with Gasteiger partial charge in [-0.15, -0.1) is 0 Å². The number of amides is 1. The standard InChI is InChI=1S/C11H14N2O2.C4H10O/c14-11(10-4-2-1-3-5-10)12-13-6-8-15-9-7-13;1-3-5-4-2/h1-5H,6-9H2,(H,12,14);3-4H2,1-2H3. The lowest BCUT2D eigenvalue weighted by Gasteiger charge is -2.26. The highest BCUT2D eigenvalue weighted by atomic mass is 16.5. The van der Waals surface area contributed by atoms with Crippen LogP contribution in [0, 0.1) is 0 Å². The number of benzene rings is 1. The van der Waals surface area contributed by atoms with Crippen LogP contribution in [0.1, 0.15) is 24.2 Å². The molecule has 1 amide bonds. The molecule has 1 N–H and O–H groups in total. The monoisotopic (exact) mass is 280 g/mol. The Morgan fingerprint density at radius 1 is 1.20 bits per heavy atom. The SMILES string of the molecule is CCOCC.O=C(NN1CCOCC1)c1ccccc1. The molecule has 5 nitrogen and oxygen atoms in total. The lowest BCUT2D eigenvalue weighted by Crippen LogP contribution is -2.48. The summed E-state index contributed by atoms with van der Waals surface area (Å²) in [6.45, 7) is 8.52. The molecule has 0 atom stereocenters. The van der Waals surface area contributed by atoms with E-state index in [0.29, 0.717) is 18.8 Å². The first-order valence-corrected chi connectivity index (χ1v) is 7.04. The molecule has 0 spiro atoms. The summed E-state index contributed by atoms with van der Waals surface area (Å²) < 4.78 is 10.0. The Labute approximate surface area is 120 Å². The van der Waals surface area contributed by atoms with E-state index in [1.807, 2.05) is 37.1 Å². The molecule has 20 heavy (non-hydrogen) atoms. The number of carbonyl (C=O) groups excluding carboxylic acids is 1. The number of hydrogen-bond acceptors (Lipinski definition) is 4. The molecule has 1 aliphatic heterocycles. The summed E-state index contributed by atoms with van der Waals surface area (Å²) in [6.07, 6.45) is 0. The van der Waals surface area contributed by atoms with Crippen LogP contribution in [0.25, 0.3) is 0 Å². The first kappa shape index (κ1) is 16.6. The van der Waals surface area contributed by atoms with Gasteiger partial charge < -0.3 is 9.47 Å². The van der Waals surface area contributed by atoms with Crippen molar-refractivity contribution in [2.24, 2.45) is 0 Å². The molecule has 1 heterocycles. The molecule has 1 aliphatic rings. The molecule has 0 radical (unpaired) electrons. The molecule has 1 aromatic carbocycles. The van der Waals surface area contributed by atoms with Crippen LogP contribution in [-0.2, 0) is 9.47 Å². The van der Waals surface area contributed by atoms with Gasteiger partial charge in [0.25, 0.3) is 5.91 Å². The highest BCUT2D eigenvalue weighted by molar-refractivity contribution is 5.93. The van der Waals surface area contributed by atoms with Gasteiger partial charge in [0, 0.05) is 31.9 Å². The second-order valence-electron chi connectivity index (χ2n) is 4.19. The quantitative estimate of drug-likeness (QED) is 0.912. The number of rotatable bonds is 4. The fourth-order valence-corrected chi connectivity index (χ4v) is 1.68. The number of hydrazine groups is 1. The number of ether oxygens (including phenoxy) is 2. The van der Waals surface area contributed by atoms with E-state index in [9.17, 15) is 4.79 Å². The number of morpholine rings is 1. The van der Waals surface area contributed by atoms with Crippen molar-refractivity contribution in [3.05, 3.63) is 35.9 Å². The van der Waals surface area contributed by atoms with Crippen molar-refractivity contribution in [1.82, 2.24) is 10.4 Å². The van der Waals surface area contributed by atoms with Crippen molar-refractivity contribution < 1.29 is 14.3 Å². The Bertz CT molecular complexity index is 363. The molecule has 5 heteroatoms. The van der Waals surface area contributed by atoms with E-state index < -0.39 is 0 Å². The van der Waals surface area contributed by atoms with Gasteiger partial charge in [-0.25, -0.2) is 5.01 Å². The Morgan fingerprint density at radius 2 is 1.80 bits per heavy atom. The van der Waals surface area contributed by atoms with Crippen LogP contribution in [-0.4, -0.2) is 50.4 Å². The normalized spacial score (nSPS) is 15.1. The third-order valence-corrected chi connectivity index (χ3v) is 2.71. The predicted molar refractivity (Wildman–Crippen MR) is 78.5 cm³/mol. The van der Waals surface area contributed by atoms with E-state index in [1.54, 1.807) is 12.1 Å². The van der Waals surface area contributed by atoms with Gasteiger partial charge >= 0.3 is 0 Å². The predicted octanol–water partition coefficient (Wildman–Crippen LogP) is 1.71. The minimum Gasteiger partial charge on any atom is -0.382 e. The molecular weight excluding hydrogens is 256 g/mol. The maximum Gasteiger partial charge on any atom is 0.265 e. The van der Waals surface area contributed by atoms with Crippen molar-refractivity contribution in [1.29, 1.82) is 0 Å². The molecule has 0 saturated carbocycles. The van der Waals surface area contributed by atoms with Gasteiger partial charge in [-0.2, -0.15) is 0 Å². The van der Waals surface area contributed by atoms with Crippen LogP contribution in [0.3, 0.4) is 0 Å². The van der Waals surface area contributed by atoms with Crippen molar-refractivity contribution in [3.63, 3.8) is 0 Å². The van der Waals surface area contributed by atoms with Crippen LogP contribution in [0.2, 0.25) is 0 Å². The molecule has 112 valence electrons. The van der Waals surface area contributed by atoms with Crippen LogP contribution in [0.4, 0.5) is 0 Å². The third-order valence-electron chi connectivity index (χ3n) is 2.71. The summed E-state index contributed by atoms with van der Waals surface area (Å²) in [5.41, 5.74) is 3.53. The molecule has 1 fully saturated rings. The Morgan fingerprint density at radius 3 is 2.30 bits per heavy atom. The Balaban J connectivity index is 0.000000347. The number of hydrogen-bond donors (Lipinski definition) is 1. The minimum atomic E-state index is -0.0579. The zero-order valence-electron chi connectivity index (χ0n) is 12.3. The average Bonchev–Trinajstić information content (AvgIpc) is 2.50. The van der Waals surface area contributed by atoms with Gasteiger partial charge in [-0.3, -0.25) is 10.2 Å². The number of nitrogens with zero attached hydrogens (tertiary/aromatic N) is 1. The zero-order chi connectivity index (χ0) is 14.6. The van der Waals surface area contributed by atoms with Crippen molar-refractivity contribution in [2.75, 3.05) is 39.5 Å². The summed E-state index contributed by atoms with van der Waals surface area (Å²) in [4.78, 5) is 11.7. The Kier molecular flexibility index (Phi) is 8.62. The van der Waals surface area contributed by atoms with Crippen molar-refractivity contribution in [3.8, 4) is 0 Å². The molecular formula is C15H24N2O3. The van der Waals surface area contributed by atoms with Crippen LogP contribution in [0.5, 0.6) is 0 Å². The van der Waals surface area contributed by atoms with Crippen molar-refractivity contribution in [2.45, 2.75) is 13.8 Å². The first-order chi connectivity index (χ1) is 9.77. The summed E-state index contributed by atoms with van der Waals surface area (Å²) in [6, 6.07) is 9.21. The summed E-state index contributed by atoms with van der Waals surface area (Å²) >= 11 is 0.